The van der Waals surface area contributed by atoms with E-state index in [9.17, 15) is 22.0 Å². The summed E-state index contributed by atoms with van der Waals surface area (Å²) in [5, 5.41) is 4.91. The van der Waals surface area contributed by atoms with E-state index in [4.69, 9.17) is 16.6 Å². The van der Waals surface area contributed by atoms with E-state index in [0.29, 0.717) is 0 Å². The Balaban J connectivity index is 3.73. The van der Waals surface area contributed by atoms with Gasteiger partial charge >= 0.3 is 0 Å². The van der Waals surface area contributed by atoms with Gasteiger partial charge in [-0.1, -0.05) is 6.07 Å². The lowest BCUT2D eigenvalue weighted by Crippen LogP contribution is -2.25. The van der Waals surface area contributed by atoms with Crippen LogP contribution in [0.2, 0.25) is 0 Å². The smallest absolute Gasteiger partial charge is 0.280 e. The summed E-state index contributed by atoms with van der Waals surface area (Å²) in [6.07, 6.45) is -3.24. The van der Waals surface area contributed by atoms with E-state index in [0.717, 1.165) is 6.07 Å². The summed E-state index contributed by atoms with van der Waals surface area (Å²) in [5.41, 5.74) is 8.33. The molecule has 0 aliphatic heterocycles. The molecule has 0 unspecified atom stereocenters. The number of amides is 1. The maximum Gasteiger partial charge on any atom is 0.280 e. The molecule has 0 saturated heterocycles. The molecule has 10 heteroatoms. The Hall–Kier alpha value is -2.07. The Morgan fingerprint density at radius 2 is 1.85 bits per heavy atom. The number of nitrogens with two attached hydrogens (primary N) is 3. The van der Waals surface area contributed by atoms with Crippen LogP contribution in [0.25, 0.3) is 0 Å². The third-order valence-corrected chi connectivity index (χ3v) is 3.47. The molecule has 0 aliphatic carbocycles. The van der Waals surface area contributed by atoms with Crippen LogP contribution in [0.3, 0.4) is 0 Å². The van der Waals surface area contributed by atoms with Crippen molar-refractivity contribution in [3.05, 3.63) is 28.8 Å². The molecular weight excluding hydrogens is 294 g/mol. The first kappa shape index (κ1) is 16.0. The highest BCUT2D eigenvalue weighted by Crippen LogP contribution is 2.32. The minimum absolute atomic E-state index is 0.0101. The van der Waals surface area contributed by atoms with Crippen molar-refractivity contribution in [3.8, 4) is 0 Å². The van der Waals surface area contributed by atoms with E-state index in [-0.39, 0.29) is 5.56 Å². The first-order valence-electron chi connectivity index (χ1n) is 5.14. The third-order valence-electron chi connectivity index (χ3n) is 2.36. The number of aliphatic imine (C=N–C) groups is 1. The average Bonchev–Trinajstić information content (AvgIpc) is 2.25. The topological polar surface area (TPSA) is 142 Å². The number of carbonyl (C=O) groups is 1. The van der Waals surface area contributed by atoms with Crippen LogP contribution < -0.4 is 16.6 Å². The fourth-order valence-corrected chi connectivity index (χ4v) is 2.69. The third kappa shape index (κ3) is 3.27. The minimum Gasteiger partial charge on any atom is -0.370 e. The number of rotatable bonds is 3. The van der Waals surface area contributed by atoms with Crippen LogP contribution in [-0.4, -0.2) is 20.3 Å². The van der Waals surface area contributed by atoms with E-state index in [1.54, 1.807) is 0 Å². The SMILES string of the molecule is Cc1ccc(C(=O)N=C(N)N)c(C(F)F)c1S(N)(=O)=O. The summed E-state index contributed by atoms with van der Waals surface area (Å²) < 4.78 is 49.1. The number of aryl methyl sites for hydroxylation is 1. The summed E-state index contributed by atoms with van der Waals surface area (Å²) in [6.45, 7) is 1.28. The molecule has 110 valence electrons. The lowest BCUT2D eigenvalue weighted by molar-refractivity contribution is 0.0986. The second kappa shape index (κ2) is 5.51. The van der Waals surface area contributed by atoms with Gasteiger partial charge in [0.25, 0.3) is 12.3 Å². The van der Waals surface area contributed by atoms with E-state index in [1.165, 1.54) is 13.0 Å². The molecule has 7 nitrogen and oxygen atoms in total. The van der Waals surface area contributed by atoms with E-state index in [2.05, 4.69) is 4.99 Å². The Labute approximate surface area is 113 Å². The van der Waals surface area contributed by atoms with Gasteiger partial charge in [0, 0.05) is 0 Å². The van der Waals surface area contributed by atoms with Crippen LogP contribution in [0.1, 0.15) is 27.9 Å². The van der Waals surface area contributed by atoms with Crippen molar-refractivity contribution in [1.29, 1.82) is 0 Å². The van der Waals surface area contributed by atoms with Crippen molar-refractivity contribution in [2.45, 2.75) is 18.2 Å². The summed E-state index contributed by atoms with van der Waals surface area (Å²) in [4.78, 5) is 14.0. The van der Waals surface area contributed by atoms with Crippen molar-refractivity contribution in [2.24, 2.45) is 21.6 Å². The maximum absolute atomic E-state index is 13.1. The Morgan fingerprint density at radius 1 is 1.30 bits per heavy atom. The second-order valence-electron chi connectivity index (χ2n) is 3.86. The molecule has 0 bridgehead atoms. The number of carbonyl (C=O) groups excluding carboxylic acids is 1. The quantitative estimate of drug-likeness (QED) is 0.532. The van der Waals surface area contributed by atoms with Crippen molar-refractivity contribution >= 4 is 21.9 Å². The molecule has 1 aromatic rings. The number of nitrogens with zero attached hydrogens (tertiary/aromatic N) is 1. The number of primary sulfonamides is 1. The molecule has 0 radical (unpaired) electrons. The van der Waals surface area contributed by atoms with Gasteiger partial charge in [-0.05, 0) is 18.6 Å². The van der Waals surface area contributed by atoms with Gasteiger partial charge in [0.1, 0.15) is 0 Å². The minimum atomic E-state index is -4.44. The van der Waals surface area contributed by atoms with Crippen molar-refractivity contribution in [2.75, 3.05) is 0 Å². The summed E-state index contributed by atoms with van der Waals surface area (Å²) in [6, 6.07) is 2.18. The molecule has 1 amide bonds. The predicted molar refractivity (Wildman–Crippen MR) is 67.6 cm³/mol. The predicted octanol–water partition coefficient (Wildman–Crippen LogP) is -0.00638. The molecule has 0 saturated carbocycles. The Morgan fingerprint density at radius 3 is 2.25 bits per heavy atom. The number of alkyl halides is 2. The number of hydrogen-bond donors (Lipinski definition) is 3. The van der Waals surface area contributed by atoms with Crippen LogP contribution in [0.5, 0.6) is 0 Å². The van der Waals surface area contributed by atoms with Crippen LogP contribution in [0, 0.1) is 6.92 Å². The normalized spacial score (nSPS) is 11.4. The zero-order valence-electron chi connectivity index (χ0n) is 10.3. The molecule has 0 aliphatic rings. The number of benzene rings is 1. The molecule has 0 atom stereocenters. The Kier molecular flexibility index (Phi) is 4.40. The van der Waals surface area contributed by atoms with Crippen LogP contribution >= 0.6 is 0 Å². The van der Waals surface area contributed by atoms with Gasteiger partial charge in [-0.25, -0.2) is 22.3 Å². The first-order chi connectivity index (χ1) is 9.05. The van der Waals surface area contributed by atoms with Gasteiger partial charge in [0.2, 0.25) is 10.0 Å². The van der Waals surface area contributed by atoms with Gasteiger partial charge in [0.15, 0.2) is 5.96 Å². The van der Waals surface area contributed by atoms with Crippen molar-refractivity contribution in [1.82, 2.24) is 0 Å². The molecule has 1 aromatic carbocycles. The highest BCUT2D eigenvalue weighted by atomic mass is 32.2. The van der Waals surface area contributed by atoms with Gasteiger partial charge in [0.05, 0.1) is 16.0 Å². The molecule has 0 fully saturated rings. The van der Waals surface area contributed by atoms with Gasteiger partial charge in [-0.15, -0.1) is 0 Å². The summed E-state index contributed by atoms with van der Waals surface area (Å²) >= 11 is 0. The van der Waals surface area contributed by atoms with Crippen LogP contribution in [-0.2, 0) is 10.0 Å². The highest BCUT2D eigenvalue weighted by Gasteiger charge is 2.28. The van der Waals surface area contributed by atoms with Gasteiger partial charge in [-0.2, -0.15) is 4.99 Å². The standard InChI is InChI=1S/C10H12F2N4O3S/c1-4-2-3-5(9(17)16-10(13)14)6(8(11)12)7(4)20(15,18)19/h2-3,8H,1H3,(H2,15,18,19)(H4,13,14,16,17). The number of guanidine groups is 1. The van der Waals surface area contributed by atoms with Crippen LogP contribution in [0.15, 0.2) is 22.0 Å². The Bertz CT molecular complexity index is 682. The maximum atomic E-state index is 13.1. The fraction of sp³-hybridized carbons (Fsp3) is 0.200. The zero-order valence-corrected chi connectivity index (χ0v) is 11.1. The van der Waals surface area contributed by atoms with Crippen LogP contribution in [0.4, 0.5) is 8.78 Å². The summed E-state index contributed by atoms with van der Waals surface area (Å²) in [5.74, 6) is -1.81. The van der Waals surface area contributed by atoms with Gasteiger partial charge < -0.3 is 11.5 Å². The first-order valence-corrected chi connectivity index (χ1v) is 6.68. The van der Waals surface area contributed by atoms with Crippen molar-refractivity contribution < 1.29 is 22.0 Å². The van der Waals surface area contributed by atoms with E-state index in [1.807, 2.05) is 0 Å². The van der Waals surface area contributed by atoms with Crippen molar-refractivity contribution in [3.63, 3.8) is 0 Å². The summed E-state index contributed by atoms with van der Waals surface area (Å²) in [7, 11) is -4.44. The lowest BCUT2D eigenvalue weighted by atomic mass is 10.0. The highest BCUT2D eigenvalue weighted by molar-refractivity contribution is 7.89. The number of sulfonamides is 1. The van der Waals surface area contributed by atoms with E-state index >= 15 is 0 Å². The molecule has 1 rings (SSSR count). The zero-order chi connectivity index (χ0) is 15.7. The largest absolute Gasteiger partial charge is 0.370 e. The fourth-order valence-electron chi connectivity index (χ4n) is 1.67. The number of hydrogen-bond acceptors (Lipinski definition) is 3. The second-order valence-corrected chi connectivity index (χ2v) is 5.36. The molecular formula is C10H12F2N4O3S. The molecule has 0 heterocycles. The molecule has 0 aromatic heterocycles. The van der Waals surface area contributed by atoms with E-state index < -0.39 is 44.3 Å². The molecule has 20 heavy (non-hydrogen) atoms. The average molecular weight is 306 g/mol. The monoisotopic (exact) mass is 306 g/mol. The molecule has 0 spiro atoms. The molecule has 6 N–H and O–H groups in total. The number of halogens is 2. The lowest BCUT2D eigenvalue weighted by Gasteiger charge is -2.13. The van der Waals surface area contributed by atoms with Gasteiger partial charge in [-0.3, -0.25) is 4.79 Å².